The summed E-state index contributed by atoms with van der Waals surface area (Å²) < 4.78 is 13.9. The lowest BCUT2D eigenvalue weighted by Crippen LogP contribution is -2.07. The van der Waals surface area contributed by atoms with E-state index in [4.69, 9.17) is 9.15 Å². The molecule has 0 radical (unpaired) electrons. The molecule has 0 spiro atoms. The Kier molecular flexibility index (Phi) is 6.40. The average molecular weight is 470 g/mol. The van der Waals surface area contributed by atoms with Crippen molar-refractivity contribution in [3.63, 3.8) is 0 Å². The lowest BCUT2D eigenvalue weighted by molar-refractivity contribution is 0.291. The third-order valence-corrected chi connectivity index (χ3v) is 6.17. The van der Waals surface area contributed by atoms with Crippen LogP contribution in [0.2, 0.25) is 0 Å². The van der Waals surface area contributed by atoms with E-state index in [-0.39, 0.29) is 0 Å². The standard InChI is InChI=1S/C26H23N5O2S/c1-18-12-14-20(15-13-18)25-29-28-24(33-25)17-34-26-30-27-23(31(26)21-9-4-3-5-10-21)16-32-22-11-7-6-8-19(22)2/h3-15H,16-17H2,1-2H3. The highest BCUT2D eigenvalue weighted by atomic mass is 32.2. The number of thioether (sulfide) groups is 1. The minimum absolute atomic E-state index is 0.297. The number of nitrogens with zero attached hydrogens (tertiary/aromatic N) is 5. The second kappa shape index (κ2) is 9.93. The van der Waals surface area contributed by atoms with Crippen LogP contribution in [0.3, 0.4) is 0 Å². The van der Waals surface area contributed by atoms with Crippen LogP contribution in [0.5, 0.6) is 5.75 Å². The van der Waals surface area contributed by atoms with Crippen molar-refractivity contribution in [3.8, 4) is 22.9 Å². The summed E-state index contributed by atoms with van der Waals surface area (Å²) in [6.07, 6.45) is 0. The van der Waals surface area contributed by atoms with Gasteiger partial charge in [-0.25, -0.2) is 0 Å². The van der Waals surface area contributed by atoms with E-state index in [0.29, 0.717) is 30.0 Å². The van der Waals surface area contributed by atoms with Crippen LogP contribution in [0.1, 0.15) is 22.8 Å². The summed E-state index contributed by atoms with van der Waals surface area (Å²) in [6, 6.07) is 25.9. The number of hydrogen-bond donors (Lipinski definition) is 0. The maximum atomic E-state index is 6.05. The zero-order chi connectivity index (χ0) is 23.3. The molecular formula is C26H23N5O2S. The first-order valence-corrected chi connectivity index (χ1v) is 11.9. The summed E-state index contributed by atoms with van der Waals surface area (Å²) in [6.45, 7) is 4.36. The summed E-state index contributed by atoms with van der Waals surface area (Å²) in [5.74, 6) is 3.05. The van der Waals surface area contributed by atoms with Gasteiger partial charge in [-0.3, -0.25) is 4.57 Å². The van der Waals surface area contributed by atoms with Crippen LogP contribution >= 0.6 is 11.8 Å². The molecular weight excluding hydrogens is 446 g/mol. The summed E-state index contributed by atoms with van der Waals surface area (Å²) in [4.78, 5) is 0. The van der Waals surface area contributed by atoms with Gasteiger partial charge in [-0.15, -0.1) is 20.4 Å². The van der Waals surface area contributed by atoms with Crippen molar-refractivity contribution in [2.45, 2.75) is 31.4 Å². The lowest BCUT2D eigenvalue weighted by atomic mass is 10.1. The molecule has 0 aliphatic heterocycles. The Morgan fingerprint density at radius 3 is 2.38 bits per heavy atom. The van der Waals surface area contributed by atoms with Crippen LogP contribution in [0.15, 0.2) is 88.4 Å². The molecule has 0 N–H and O–H groups in total. The number of para-hydroxylation sites is 2. The normalized spacial score (nSPS) is 11.0. The van der Waals surface area contributed by atoms with Gasteiger partial charge in [0.05, 0.1) is 5.75 Å². The second-order valence-corrected chi connectivity index (χ2v) is 8.72. The van der Waals surface area contributed by atoms with Gasteiger partial charge in [0.25, 0.3) is 0 Å². The fourth-order valence-electron chi connectivity index (χ4n) is 3.44. The van der Waals surface area contributed by atoms with E-state index < -0.39 is 0 Å². The summed E-state index contributed by atoms with van der Waals surface area (Å²) >= 11 is 1.49. The van der Waals surface area contributed by atoms with Gasteiger partial charge in [-0.05, 0) is 49.7 Å². The molecule has 0 amide bonds. The van der Waals surface area contributed by atoms with Gasteiger partial charge in [-0.1, -0.05) is 65.9 Å². The lowest BCUT2D eigenvalue weighted by Gasteiger charge is -2.11. The number of aromatic nitrogens is 5. The SMILES string of the molecule is Cc1ccc(-c2nnc(CSc3nnc(COc4ccccc4C)n3-c3ccccc3)o2)cc1. The number of aryl methyl sites for hydroxylation is 2. The molecule has 0 aliphatic rings. The molecule has 0 unspecified atom stereocenters. The first kappa shape index (κ1) is 21.9. The Labute approximate surface area is 201 Å². The van der Waals surface area contributed by atoms with E-state index in [0.717, 1.165) is 27.7 Å². The molecule has 5 rings (SSSR count). The van der Waals surface area contributed by atoms with Crippen LogP contribution in [0, 0.1) is 13.8 Å². The van der Waals surface area contributed by atoms with Gasteiger partial charge >= 0.3 is 0 Å². The van der Waals surface area contributed by atoms with Crippen molar-refractivity contribution in [1.29, 1.82) is 0 Å². The minimum atomic E-state index is 0.297. The first-order valence-electron chi connectivity index (χ1n) is 10.9. The van der Waals surface area contributed by atoms with Crippen molar-refractivity contribution < 1.29 is 9.15 Å². The smallest absolute Gasteiger partial charge is 0.247 e. The third kappa shape index (κ3) is 4.87. The average Bonchev–Trinajstić information content (AvgIpc) is 3.50. The maximum Gasteiger partial charge on any atom is 0.247 e. The molecule has 3 aromatic carbocycles. The third-order valence-electron chi connectivity index (χ3n) is 5.26. The number of hydrogen-bond acceptors (Lipinski definition) is 7. The second-order valence-electron chi connectivity index (χ2n) is 7.78. The van der Waals surface area contributed by atoms with Gasteiger partial charge in [0.2, 0.25) is 11.8 Å². The fourth-order valence-corrected chi connectivity index (χ4v) is 4.24. The van der Waals surface area contributed by atoms with Crippen LogP contribution < -0.4 is 4.74 Å². The Morgan fingerprint density at radius 1 is 0.824 bits per heavy atom. The molecule has 0 saturated carbocycles. The van der Waals surface area contributed by atoms with E-state index in [1.54, 1.807) is 0 Å². The van der Waals surface area contributed by atoms with Crippen molar-refractivity contribution >= 4 is 11.8 Å². The van der Waals surface area contributed by atoms with Crippen LogP contribution in [0.4, 0.5) is 0 Å². The molecule has 0 fully saturated rings. The maximum absolute atomic E-state index is 6.05. The Balaban J connectivity index is 1.35. The fraction of sp³-hybridized carbons (Fsp3) is 0.154. The van der Waals surface area contributed by atoms with Crippen molar-refractivity contribution in [2.24, 2.45) is 0 Å². The van der Waals surface area contributed by atoms with Gasteiger partial charge in [0.15, 0.2) is 11.0 Å². The number of ether oxygens (including phenoxy) is 1. The van der Waals surface area contributed by atoms with Crippen LogP contribution in [-0.2, 0) is 12.4 Å². The van der Waals surface area contributed by atoms with E-state index in [1.165, 1.54) is 17.3 Å². The Bertz CT molecular complexity index is 1380. The zero-order valence-corrected chi connectivity index (χ0v) is 19.7. The predicted octanol–water partition coefficient (Wildman–Crippen LogP) is 5.81. The number of benzene rings is 3. The number of rotatable bonds is 8. The highest BCUT2D eigenvalue weighted by Gasteiger charge is 2.17. The van der Waals surface area contributed by atoms with Crippen molar-refractivity contribution in [3.05, 3.63) is 102 Å². The largest absolute Gasteiger partial charge is 0.485 e. The zero-order valence-electron chi connectivity index (χ0n) is 18.9. The molecule has 2 heterocycles. The topological polar surface area (TPSA) is 78.9 Å². The molecule has 34 heavy (non-hydrogen) atoms. The molecule has 0 saturated heterocycles. The van der Waals surface area contributed by atoms with E-state index in [1.807, 2.05) is 97.3 Å². The van der Waals surface area contributed by atoms with E-state index >= 15 is 0 Å². The van der Waals surface area contributed by atoms with Crippen LogP contribution in [-0.4, -0.2) is 25.0 Å². The highest BCUT2D eigenvalue weighted by molar-refractivity contribution is 7.98. The van der Waals surface area contributed by atoms with Gasteiger partial charge in [-0.2, -0.15) is 0 Å². The molecule has 5 aromatic rings. The van der Waals surface area contributed by atoms with Gasteiger partial charge < -0.3 is 9.15 Å². The highest BCUT2D eigenvalue weighted by Crippen LogP contribution is 2.27. The predicted molar refractivity (Wildman–Crippen MR) is 131 cm³/mol. The van der Waals surface area contributed by atoms with Crippen molar-refractivity contribution in [1.82, 2.24) is 25.0 Å². The summed E-state index contributed by atoms with van der Waals surface area (Å²) in [7, 11) is 0. The summed E-state index contributed by atoms with van der Waals surface area (Å²) in [5, 5.41) is 18.0. The molecule has 170 valence electrons. The van der Waals surface area contributed by atoms with Crippen LogP contribution in [0.25, 0.3) is 17.1 Å². The minimum Gasteiger partial charge on any atom is -0.485 e. The molecule has 0 bridgehead atoms. The Hall–Kier alpha value is -3.91. The molecule has 2 aromatic heterocycles. The molecule has 0 atom stereocenters. The van der Waals surface area contributed by atoms with Crippen molar-refractivity contribution in [2.75, 3.05) is 0 Å². The van der Waals surface area contributed by atoms with E-state index in [2.05, 4.69) is 20.4 Å². The van der Waals surface area contributed by atoms with E-state index in [9.17, 15) is 0 Å². The summed E-state index contributed by atoms with van der Waals surface area (Å²) in [5.41, 5.74) is 4.12. The molecule has 0 aliphatic carbocycles. The first-order chi connectivity index (χ1) is 16.7. The Morgan fingerprint density at radius 2 is 1.59 bits per heavy atom. The van der Waals surface area contributed by atoms with Gasteiger partial charge in [0, 0.05) is 11.3 Å². The molecule has 7 nitrogen and oxygen atoms in total. The molecule has 8 heteroatoms. The quantitative estimate of drug-likeness (QED) is 0.266. The van der Waals surface area contributed by atoms with Gasteiger partial charge in [0.1, 0.15) is 12.4 Å². The monoisotopic (exact) mass is 469 g/mol.